The minimum Gasteiger partial charge on any atom is -0.338 e. The number of aromatic nitrogens is 2. The Morgan fingerprint density at radius 2 is 1.77 bits per heavy atom. The number of ketones is 1. The van der Waals surface area contributed by atoms with E-state index in [0.717, 1.165) is 56.4 Å². The Kier molecular flexibility index (Phi) is 5.70. The van der Waals surface area contributed by atoms with Crippen molar-refractivity contribution in [1.82, 2.24) is 14.9 Å². The van der Waals surface area contributed by atoms with Gasteiger partial charge in [-0.2, -0.15) is 0 Å². The molecule has 1 aliphatic carbocycles. The van der Waals surface area contributed by atoms with Crippen LogP contribution in [0.3, 0.4) is 0 Å². The van der Waals surface area contributed by atoms with Crippen LogP contribution in [-0.4, -0.2) is 46.8 Å². The number of rotatable bonds is 4. The van der Waals surface area contributed by atoms with Crippen molar-refractivity contribution in [3.63, 3.8) is 0 Å². The molecule has 5 nitrogen and oxygen atoms in total. The quantitative estimate of drug-likeness (QED) is 0.612. The lowest BCUT2D eigenvalue weighted by atomic mass is 9.82. The number of hydrogen-bond acceptors (Lipinski definition) is 5. The van der Waals surface area contributed by atoms with Gasteiger partial charge in [0.15, 0.2) is 5.78 Å². The number of hydrogen-bond donors (Lipinski definition) is 0. The Morgan fingerprint density at radius 1 is 0.968 bits per heavy atom. The van der Waals surface area contributed by atoms with E-state index in [1.807, 2.05) is 24.3 Å². The van der Waals surface area contributed by atoms with Gasteiger partial charge in [0.05, 0.1) is 11.3 Å². The van der Waals surface area contributed by atoms with E-state index in [9.17, 15) is 4.79 Å². The summed E-state index contributed by atoms with van der Waals surface area (Å²) in [6, 6.07) is 18.4. The maximum atomic E-state index is 12.7. The molecule has 0 bridgehead atoms. The molecule has 3 aromatic rings. The molecule has 1 atom stereocenters. The molecule has 0 amide bonds. The molecule has 31 heavy (non-hydrogen) atoms. The number of benzene rings is 2. The van der Waals surface area contributed by atoms with Gasteiger partial charge in [-0.3, -0.25) is 9.69 Å². The molecule has 1 fully saturated rings. The van der Waals surface area contributed by atoms with Gasteiger partial charge in [0.2, 0.25) is 5.95 Å². The van der Waals surface area contributed by atoms with E-state index in [4.69, 9.17) is 16.6 Å². The third-order valence-electron chi connectivity index (χ3n) is 6.25. The Balaban J connectivity index is 1.28. The fourth-order valence-corrected chi connectivity index (χ4v) is 4.73. The zero-order valence-electron chi connectivity index (χ0n) is 17.4. The third kappa shape index (κ3) is 4.48. The lowest BCUT2D eigenvalue weighted by Crippen LogP contribution is -2.46. The summed E-state index contributed by atoms with van der Waals surface area (Å²) >= 11 is 6.17. The zero-order valence-corrected chi connectivity index (χ0v) is 18.1. The number of anilines is 1. The fraction of sp³-hybridized carbons (Fsp3) is 0.320. The summed E-state index contributed by atoms with van der Waals surface area (Å²) < 4.78 is 0. The molecule has 5 rings (SSSR count). The van der Waals surface area contributed by atoms with Crippen molar-refractivity contribution in [2.75, 3.05) is 31.1 Å². The topological polar surface area (TPSA) is 49.3 Å². The molecule has 0 N–H and O–H groups in total. The first-order valence-electron chi connectivity index (χ1n) is 10.8. The molecule has 2 heterocycles. The van der Waals surface area contributed by atoms with Crippen LogP contribution in [0.2, 0.25) is 5.02 Å². The van der Waals surface area contributed by atoms with E-state index in [2.05, 4.69) is 45.1 Å². The summed E-state index contributed by atoms with van der Waals surface area (Å²) in [5.74, 6) is 0.965. The van der Waals surface area contributed by atoms with Crippen molar-refractivity contribution in [1.29, 1.82) is 0 Å². The van der Waals surface area contributed by atoms with Crippen molar-refractivity contribution < 1.29 is 4.79 Å². The van der Waals surface area contributed by atoms with Gasteiger partial charge in [-0.15, -0.1) is 0 Å². The first-order valence-corrected chi connectivity index (χ1v) is 11.2. The second kappa shape index (κ2) is 8.77. The predicted molar refractivity (Wildman–Crippen MR) is 123 cm³/mol. The summed E-state index contributed by atoms with van der Waals surface area (Å²) in [4.78, 5) is 26.8. The molecule has 0 spiro atoms. The smallest absolute Gasteiger partial charge is 0.225 e. The van der Waals surface area contributed by atoms with Crippen molar-refractivity contribution in [2.45, 2.75) is 25.3 Å². The number of piperazine rings is 1. The number of nitrogens with zero attached hydrogens (tertiary/aromatic N) is 4. The number of carbonyl (C=O) groups excluding carboxylic acids is 1. The number of Topliss-reactive ketones (excluding diaryl/α,β-unsaturated/α-hetero) is 1. The second-order valence-corrected chi connectivity index (χ2v) is 8.80. The molecule has 2 aromatic carbocycles. The van der Waals surface area contributed by atoms with Gasteiger partial charge in [0.25, 0.3) is 0 Å². The summed E-state index contributed by atoms with van der Waals surface area (Å²) in [7, 11) is 0. The first kappa shape index (κ1) is 20.2. The molecule has 6 heteroatoms. The Hall–Kier alpha value is -2.76. The van der Waals surface area contributed by atoms with E-state index in [0.29, 0.717) is 17.0 Å². The van der Waals surface area contributed by atoms with Crippen LogP contribution < -0.4 is 4.90 Å². The molecule has 1 aromatic heterocycles. The normalized spacial score (nSPS) is 19.3. The van der Waals surface area contributed by atoms with Crippen LogP contribution in [0.4, 0.5) is 5.95 Å². The number of halogens is 1. The van der Waals surface area contributed by atoms with Crippen LogP contribution >= 0.6 is 11.6 Å². The van der Waals surface area contributed by atoms with Gasteiger partial charge >= 0.3 is 0 Å². The minimum atomic E-state index is 0.115. The predicted octanol–water partition coefficient (Wildman–Crippen LogP) is 4.36. The number of carbonyl (C=O) groups is 1. The Bertz CT molecular complexity index is 1080. The SMILES string of the molecule is O=C1C[C@@H](c2cccc(Cl)c2)Cc2nc(N3CCN(Cc4ccccc4)CC3)ncc21. The highest BCUT2D eigenvalue weighted by Gasteiger charge is 2.29. The van der Waals surface area contributed by atoms with E-state index in [1.165, 1.54) is 5.56 Å². The molecule has 158 valence electrons. The Morgan fingerprint density at radius 3 is 2.55 bits per heavy atom. The average Bonchev–Trinajstić information content (AvgIpc) is 2.80. The molecule has 0 radical (unpaired) electrons. The lowest BCUT2D eigenvalue weighted by molar-refractivity contribution is 0.0962. The van der Waals surface area contributed by atoms with E-state index < -0.39 is 0 Å². The van der Waals surface area contributed by atoms with Crippen LogP contribution in [0.15, 0.2) is 60.8 Å². The summed E-state index contributed by atoms with van der Waals surface area (Å²) in [6.45, 7) is 4.68. The van der Waals surface area contributed by atoms with Crippen LogP contribution in [-0.2, 0) is 13.0 Å². The molecule has 0 saturated carbocycles. The third-order valence-corrected chi connectivity index (χ3v) is 6.49. The van der Waals surface area contributed by atoms with Gasteiger partial charge < -0.3 is 4.90 Å². The highest BCUT2D eigenvalue weighted by Crippen LogP contribution is 2.33. The summed E-state index contributed by atoms with van der Waals surface area (Å²) in [6.07, 6.45) is 2.95. The average molecular weight is 433 g/mol. The molecular formula is C25H25ClN4O. The van der Waals surface area contributed by atoms with Crippen LogP contribution in [0, 0.1) is 0 Å². The van der Waals surface area contributed by atoms with E-state index in [1.54, 1.807) is 6.20 Å². The standard InChI is InChI=1S/C25H25ClN4O/c26-21-8-4-7-19(13-21)20-14-23-22(24(31)15-20)16-27-25(28-23)30-11-9-29(10-12-30)17-18-5-2-1-3-6-18/h1-8,13,16,20H,9-12,14-15,17H2/t20-/m0/s1. The summed E-state index contributed by atoms with van der Waals surface area (Å²) in [5.41, 5.74) is 3.97. The maximum absolute atomic E-state index is 12.7. The van der Waals surface area contributed by atoms with Gasteiger partial charge in [0.1, 0.15) is 0 Å². The largest absolute Gasteiger partial charge is 0.338 e. The first-order chi connectivity index (χ1) is 15.2. The molecular weight excluding hydrogens is 408 g/mol. The highest BCUT2D eigenvalue weighted by atomic mass is 35.5. The van der Waals surface area contributed by atoms with E-state index >= 15 is 0 Å². The molecule has 1 aliphatic heterocycles. The fourth-order valence-electron chi connectivity index (χ4n) is 4.53. The minimum absolute atomic E-state index is 0.115. The molecule has 0 unspecified atom stereocenters. The second-order valence-electron chi connectivity index (χ2n) is 8.36. The lowest BCUT2D eigenvalue weighted by Gasteiger charge is -2.35. The Labute approximate surface area is 187 Å². The van der Waals surface area contributed by atoms with Crippen molar-refractivity contribution in [2.24, 2.45) is 0 Å². The van der Waals surface area contributed by atoms with Gasteiger partial charge in [-0.1, -0.05) is 54.1 Å². The van der Waals surface area contributed by atoms with Crippen molar-refractivity contribution in [3.8, 4) is 0 Å². The van der Waals surface area contributed by atoms with Crippen LogP contribution in [0.25, 0.3) is 0 Å². The summed E-state index contributed by atoms with van der Waals surface area (Å²) in [5, 5.41) is 0.701. The van der Waals surface area contributed by atoms with Crippen LogP contribution in [0.1, 0.15) is 39.5 Å². The van der Waals surface area contributed by atoms with Gasteiger partial charge in [-0.05, 0) is 35.6 Å². The molecule has 2 aliphatic rings. The van der Waals surface area contributed by atoms with Crippen molar-refractivity contribution >= 4 is 23.3 Å². The monoisotopic (exact) mass is 432 g/mol. The number of fused-ring (bicyclic) bond motifs is 1. The zero-order chi connectivity index (χ0) is 21.2. The highest BCUT2D eigenvalue weighted by molar-refractivity contribution is 6.30. The van der Waals surface area contributed by atoms with Gasteiger partial charge in [-0.25, -0.2) is 9.97 Å². The van der Waals surface area contributed by atoms with Gasteiger partial charge in [0, 0.05) is 50.4 Å². The van der Waals surface area contributed by atoms with Crippen LogP contribution in [0.5, 0.6) is 0 Å². The van der Waals surface area contributed by atoms with E-state index in [-0.39, 0.29) is 11.7 Å². The molecule has 1 saturated heterocycles. The maximum Gasteiger partial charge on any atom is 0.225 e. The van der Waals surface area contributed by atoms with Crippen molar-refractivity contribution in [3.05, 3.63) is 88.2 Å².